The summed E-state index contributed by atoms with van der Waals surface area (Å²) in [6.07, 6.45) is 4.69. The number of nitriles is 1. The summed E-state index contributed by atoms with van der Waals surface area (Å²) < 4.78 is 35.5. The third-order valence-corrected chi connectivity index (χ3v) is 8.74. The molecule has 6 rings (SSSR count). The van der Waals surface area contributed by atoms with Crippen LogP contribution < -0.4 is 20.3 Å². The molecule has 2 fully saturated rings. The van der Waals surface area contributed by atoms with Crippen molar-refractivity contribution in [1.29, 1.82) is 5.26 Å². The van der Waals surface area contributed by atoms with Crippen LogP contribution in [0, 0.1) is 11.3 Å². The van der Waals surface area contributed by atoms with E-state index in [4.69, 9.17) is 4.74 Å². The number of amidine groups is 1. The van der Waals surface area contributed by atoms with Crippen LogP contribution in [0.25, 0.3) is 22.2 Å². The van der Waals surface area contributed by atoms with E-state index in [0.29, 0.717) is 49.2 Å². The van der Waals surface area contributed by atoms with Gasteiger partial charge in [-0.3, -0.25) is 9.71 Å². The van der Waals surface area contributed by atoms with E-state index in [1.807, 2.05) is 30.3 Å². The van der Waals surface area contributed by atoms with Crippen molar-refractivity contribution in [2.45, 2.75) is 43.4 Å². The first-order chi connectivity index (χ1) is 17.0. The van der Waals surface area contributed by atoms with Crippen LogP contribution in [0.15, 0.2) is 47.5 Å². The van der Waals surface area contributed by atoms with Gasteiger partial charge in [0.2, 0.25) is 10.0 Å². The summed E-state index contributed by atoms with van der Waals surface area (Å²) in [7, 11) is -3.32. The fourth-order valence-electron chi connectivity index (χ4n) is 4.67. The first-order valence-corrected chi connectivity index (χ1v) is 13.4. The highest BCUT2D eigenvalue weighted by Gasteiger charge is 2.35. The molecule has 2 heterocycles. The standard InChI is InChI=1S/C25H26N6O3S/c26-13-22-21-11-8-19(34-14-24-27-15-28-29-24)12-23(21)31(18-2-1-3-18)25(22)16-4-6-17(7-5-16)30-35(32,33)20-9-10-20/h4-8,11-12,18,20,28,30H,1-3,9-10,14-15H2,(H,27,29). The van der Waals surface area contributed by atoms with E-state index in [-0.39, 0.29) is 5.25 Å². The Morgan fingerprint density at radius 2 is 1.94 bits per heavy atom. The van der Waals surface area contributed by atoms with Crippen molar-refractivity contribution in [2.24, 2.45) is 4.99 Å². The normalized spacial score (nSPS) is 18.0. The zero-order valence-electron chi connectivity index (χ0n) is 19.1. The van der Waals surface area contributed by atoms with Gasteiger partial charge in [0.05, 0.1) is 22.0 Å². The van der Waals surface area contributed by atoms with Gasteiger partial charge in [0, 0.05) is 23.2 Å². The molecule has 3 aromatic rings. The first-order valence-electron chi connectivity index (χ1n) is 11.9. The molecule has 1 aliphatic heterocycles. The Balaban J connectivity index is 1.38. The molecule has 2 saturated carbocycles. The number of fused-ring (bicyclic) bond motifs is 1. The maximum atomic E-state index is 12.3. The number of ether oxygens (including phenoxy) is 1. The number of benzene rings is 2. The summed E-state index contributed by atoms with van der Waals surface area (Å²) in [6.45, 7) is 0.858. The number of aliphatic imine (C=N–C) groups is 1. The number of nitrogens with zero attached hydrogens (tertiary/aromatic N) is 3. The highest BCUT2D eigenvalue weighted by atomic mass is 32.2. The molecule has 2 aliphatic carbocycles. The number of nitrogens with one attached hydrogen (secondary N) is 3. The Morgan fingerprint density at radius 3 is 2.57 bits per heavy atom. The SMILES string of the molecule is N#Cc1c(-c2ccc(NS(=O)(=O)C3CC3)cc2)n(C2CCC2)c2cc(OCC3=NCNN3)ccc12. The fraction of sp³-hybridized carbons (Fsp3) is 0.360. The Labute approximate surface area is 203 Å². The molecule has 35 heavy (non-hydrogen) atoms. The lowest BCUT2D eigenvalue weighted by molar-refractivity contribution is 0.323. The number of hydrazine groups is 1. The largest absolute Gasteiger partial charge is 0.486 e. The van der Waals surface area contributed by atoms with Gasteiger partial charge in [0.1, 0.15) is 25.1 Å². The van der Waals surface area contributed by atoms with E-state index in [2.05, 4.69) is 31.2 Å². The predicted octanol–water partition coefficient (Wildman–Crippen LogP) is 3.65. The van der Waals surface area contributed by atoms with E-state index >= 15 is 0 Å². The van der Waals surface area contributed by atoms with Crippen LogP contribution in [0.2, 0.25) is 0 Å². The minimum atomic E-state index is -3.32. The highest BCUT2D eigenvalue weighted by Crippen LogP contribution is 2.43. The Bertz CT molecular complexity index is 1460. The van der Waals surface area contributed by atoms with Crippen LogP contribution in [-0.2, 0) is 10.0 Å². The average Bonchev–Trinajstić information content (AvgIpc) is 3.48. The highest BCUT2D eigenvalue weighted by molar-refractivity contribution is 7.93. The van der Waals surface area contributed by atoms with Gasteiger partial charge in [-0.05, 0) is 61.9 Å². The van der Waals surface area contributed by atoms with Gasteiger partial charge in [0.15, 0.2) is 5.84 Å². The van der Waals surface area contributed by atoms with Gasteiger partial charge in [-0.15, -0.1) is 0 Å². The van der Waals surface area contributed by atoms with Gasteiger partial charge >= 0.3 is 0 Å². The molecule has 180 valence electrons. The zero-order chi connectivity index (χ0) is 24.0. The van der Waals surface area contributed by atoms with E-state index in [1.165, 1.54) is 0 Å². The number of aromatic nitrogens is 1. The molecule has 1 aromatic heterocycles. The molecule has 0 spiro atoms. The molecule has 2 aromatic carbocycles. The second kappa shape index (κ2) is 8.59. The Morgan fingerprint density at radius 1 is 1.14 bits per heavy atom. The molecule has 3 N–H and O–H groups in total. The number of hydrogen-bond donors (Lipinski definition) is 3. The molecule has 0 atom stereocenters. The summed E-state index contributed by atoms with van der Waals surface area (Å²) in [5.74, 6) is 1.46. The quantitative estimate of drug-likeness (QED) is 0.443. The van der Waals surface area contributed by atoms with Crippen LogP contribution in [0.5, 0.6) is 5.75 Å². The second-order valence-electron chi connectivity index (χ2n) is 9.25. The third-order valence-electron chi connectivity index (χ3n) is 6.87. The Kier molecular flexibility index (Phi) is 5.39. The van der Waals surface area contributed by atoms with Gasteiger partial charge in [-0.1, -0.05) is 12.1 Å². The lowest BCUT2D eigenvalue weighted by Crippen LogP contribution is -2.33. The number of sulfonamides is 1. The van der Waals surface area contributed by atoms with E-state index in [0.717, 1.165) is 47.3 Å². The molecule has 0 amide bonds. The van der Waals surface area contributed by atoms with Crippen molar-refractivity contribution >= 4 is 32.4 Å². The molecule has 3 aliphatic rings. The van der Waals surface area contributed by atoms with E-state index in [1.54, 1.807) is 12.1 Å². The number of hydrogen-bond acceptors (Lipinski definition) is 7. The lowest BCUT2D eigenvalue weighted by Gasteiger charge is -2.30. The van der Waals surface area contributed by atoms with Crippen molar-refractivity contribution in [3.8, 4) is 23.1 Å². The summed E-state index contributed by atoms with van der Waals surface area (Å²) in [5, 5.41) is 10.7. The van der Waals surface area contributed by atoms with Crippen LogP contribution in [0.1, 0.15) is 43.7 Å². The molecule has 0 radical (unpaired) electrons. The van der Waals surface area contributed by atoms with Gasteiger partial charge < -0.3 is 14.7 Å². The summed E-state index contributed by atoms with van der Waals surface area (Å²) in [6, 6.07) is 15.9. The maximum Gasteiger partial charge on any atom is 0.235 e. The average molecular weight is 491 g/mol. The smallest absolute Gasteiger partial charge is 0.235 e. The van der Waals surface area contributed by atoms with Crippen molar-refractivity contribution in [1.82, 2.24) is 15.4 Å². The second-order valence-corrected chi connectivity index (χ2v) is 11.2. The number of anilines is 1. The molecule has 9 nitrogen and oxygen atoms in total. The van der Waals surface area contributed by atoms with Crippen molar-refractivity contribution in [3.05, 3.63) is 48.0 Å². The first kappa shape index (κ1) is 21.9. The van der Waals surface area contributed by atoms with E-state index < -0.39 is 10.0 Å². The van der Waals surface area contributed by atoms with Crippen LogP contribution in [0.3, 0.4) is 0 Å². The lowest BCUT2D eigenvalue weighted by atomic mass is 9.92. The minimum absolute atomic E-state index is 0.280. The third kappa shape index (κ3) is 4.11. The molecular formula is C25H26N6O3S. The van der Waals surface area contributed by atoms with Crippen molar-refractivity contribution in [2.75, 3.05) is 18.0 Å². The molecular weight excluding hydrogens is 464 g/mol. The predicted molar refractivity (Wildman–Crippen MR) is 135 cm³/mol. The van der Waals surface area contributed by atoms with Crippen LogP contribution >= 0.6 is 0 Å². The van der Waals surface area contributed by atoms with Gasteiger partial charge in [-0.25, -0.2) is 13.8 Å². The van der Waals surface area contributed by atoms with Gasteiger partial charge in [0.25, 0.3) is 0 Å². The van der Waals surface area contributed by atoms with Crippen molar-refractivity contribution < 1.29 is 13.2 Å². The number of rotatable bonds is 8. The topological polar surface area (TPSA) is 121 Å². The summed E-state index contributed by atoms with van der Waals surface area (Å²) >= 11 is 0. The monoisotopic (exact) mass is 490 g/mol. The molecule has 0 unspecified atom stereocenters. The molecule has 0 bridgehead atoms. The van der Waals surface area contributed by atoms with Crippen LogP contribution in [0.4, 0.5) is 5.69 Å². The minimum Gasteiger partial charge on any atom is -0.486 e. The Hall–Kier alpha value is -3.55. The van der Waals surface area contributed by atoms with Gasteiger partial charge in [-0.2, -0.15) is 5.26 Å². The molecule has 0 saturated heterocycles. The van der Waals surface area contributed by atoms with Crippen molar-refractivity contribution in [3.63, 3.8) is 0 Å². The summed E-state index contributed by atoms with van der Waals surface area (Å²) in [4.78, 5) is 4.27. The fourth-order valence-corrected chi connectivity index (χ4v) is 6.06. The maximum absolute atomic E-state index is 12.3. The van der Waals surface area contributed by atoms with E-state index in [9.17, 15) is 13.7 Å². The summed E-state index contributed by atoms with van der Waals surface area (Å²) in [5.41, 5.74) is 9.78. The molecule has 10 heteroatoms. The van der Waals surface area contributed by atoms with Crippen LogP contribution in [-0.4, -0.2) is 37.3 Å². The zero-order valence-corrected chi connectivity index (χ0v) is 19.9.